The lowest BCUT2D eigenvalue weighted by molar-refractivity contribution is -0.127. The first kappa shape index (κ1) is 11.7. The third kappa shape index (κ3) is 2.17. The van der Waals surface area contributed by atoms with Crippen LogP contribution >= 0.6 is 11.6 Å². The van der Waals surface area contributed by atoms with Gasteiger partial charge in [-0.2, -0.15) is 0 Å². The highest BCUT2D eigenvalue weighted by Gasteiger charge is 2.31. The number of carbonyl (C=O) groups is 1. The molecule has 2 aliphatic carbocycles. The number of alkyl halides is 1. The quantitative estimate of drug-likeness (QED) is 0.548. The second kappa shape index (κ2) is 4.62. The summed E-state index contributed by atoms with van der Waals surface area (Å²) < 4.78 is 0. The van der Waals surface area contributed by atoms with Crippen molar-refractivity contribution in [1.82, 2.24) is 4.90 Å². The van der Waals surface area contributed by atoms with E-state index in [1.807, 2.05) is 20.0 Å². The zero-order valence-corrected chi connectivity index (χ0v) is 10.6. The van der Waals surface area contributed by atoms with Crippen molar-refractivity contribution < 1.29 is 4.79 Å². The van der Waals surface area contributed by atoms with E-state index in [1.165, 1.54) is 12.0 Å². The van der Waals surface area contributed by atoms with Crippen LogP contribution in [-0.4, -0.2) is 22.7 Å². The molecule has 2 unspecified atom stereocenters. The predicted octanol–water partition coefficient (Wildman–Crippen LogP) is 2.94. The highest BCUT2D eigenvalue weighted by molar-refractivity contribution is 6.27. The van der Waals surface area contributed by atoms with Crippen molar-refractivity contribution in [2.45, 2.75) is 32.7 Å². The number of allylic oxidation sites excluding steroid dienone is 3. The zero-order valence-electron chi connectivity index (χ0n) is 9.82. The Kier molecular flexibility index (Phi) is 3.38. The van der Waals surface area contributed by atoms with Crippen molar-refractivity contribution in [3.05, 3.63) is 23.9 Å². The van der Waals surface area contributed by atoms with Crippen LogP contribution in [0.2, 0.25) is 0 Å². The third-order valence-corrected chi connectivity index (χ3v) is 3.64. The summed E-state index contributed by atoms with van der Waals surface area (Å²) >= 11 is 5.62. The Bertz CT molecular complexity index is 346. The minimum absolute atomic E-state index is 0.00378. The van der Waals surface area contributed by atoms with Crippen LogP contribution in [0.3, 0.4) is 0 Å². The average molecular weight is 240 g/mol. The maximum atomic E-state index is 11.7. The SMILES string of the molecule is CC(C)N(C=C1CC2C=CC1C2)C(=O)CCl. The zero-order chi connectivity index (χ0) is 11.7. The third-order valence-electron chi connectivity index (χ3n) is 3.41. The highest BCUT2D eigenvalue weighted by atomic mass is 35.5. The first-order valence-electron chi connectivity index (χ1n) is 5.88. The Morgan fingerprint density at radius 2 is 2.38 bits per heavy atom. The van der Waals surface area contributed by atoms with Gasteiger partial charge in [-0.25, -0.2) is 0 Å². The van der Waals surface area contributed by atoms with Gasteiger partial charge in [0.05, 0.1) is 0 Å². The van der Waals surface area contributed by atoms with Gasteiger partial charge in [-0.1, -0.05) is 12.2 Å². The number of fused-ring (bicyclic) bond motifs is 2. The van der Waals surface area contributed by atoms with Gasteiger partial charge in [-0.15, -0.1) is 11.6 Å². The molecule has 2 aliphatic rings. The highest BCUT2D eigenvalue weighted by Crippen LogP contribution is 2.43. The van der Waals surface area contributed by atoms with E-state index >= 15 is 0 Å². The topological polar surface area (TPSA) is 20.3 Å². The standard InChI is InChI=1S/C13H18ClNO/c1-9(2)15(13(16)7-14)8-12-6-10-3-4-11(12)5-10/h3-4,8-11H,5-7H2,1-2H3. The van der Waals surface area contributed by atoms with Gasteiger partial charge in [-0.05, 0) is 38.2 Å². The number of hydrogen-bond acceptors (Lipinski definition) is 1. The van der Waals surface area contributed by atoms with Gasteiger partial charge in [0, 0.05) is 18.2 Å². The Labute approximate surface area is 102 Å². The maximum Gasteiger partial charge on any atom is 0.241 e. The molecule has 16 heavy (non-hydrogen) atoms. The fraction of sp³-hybridized carbons (Fsp3) is 0.615. The van der Waals surface area contributed by atoms with Crippen LogP contribution in [0.1, 0.15) is 26.7 Å². The van der Waals surface area contributed by atoms with Crippen molar-refractivity contribution in [3.8, 4) is 0 Å². The first-order chi connectivity index (χ1) is 7.61. The lowest BCUT2D eigenvalue weighted by Gasteiger charge is -2.24. The van der Waals surface area contributed by atoms with E-state index in [9.17, 15) is 4.79 Å². The summed E-state index contributed by atoms with van der Waals surface area (Å²) in [5.74, 6) is 1.33. The second-order valence-corrected chi connectivity index (χ2v) is 5.19. The molecule has 2 atom stereocenters. The van der Waals surface area contributed by atoms with Crippen LogP contribution in [0.4, 0.5) is 0 Å². The van der Waals surface area contributed by atoms with Crippen molar-refractivity contribution in [2.75, 3.05) is 5.88 Å². The Hall–Kier alpha value is -0.760. The number of rotatable bonds is 3. The minimum Gasteiger partial charge on any atom is -0.316 e. The van der Waals surface area contributed by atoms with Gasteiger partial charge in [0.2, 0.25) is 5.91 Å². The Balaban J connectivity index is 2.14. The van der Waals surface area contributed by atoms with Crippen LogP contribution < -0.4 is 0 Å². The lowest BCUT2D eigenvalue weighted by Crippen LogP contribution is -2.33. The van der Waals surface area contributed by atoms with Crippen LogP contribution in [0.25, 0.3) is 0 Å². The molecule has 0 saturated heterocycles. The van der Waals surface area contributed by atoms with Crippen molar-refractivity contribution in [3.63, 3.8) is 0 Å². The number of nitrogens with zero attached hydrogens (tertiary/aromatic N) is 1. The van der Waals surface area contributed by atoms with Gasteiger partial charge in [-0.3, -0.25) is 4.79 Å². The normalized spacial score (nSPS) is 29.4. The first-order valence-corrected chi connectivity index (χ1v) is 6.41. The van der Waals surface area contributed by atoms with E-state index in [1.54, 1.807) is 4.90 Å². The summed E-state index contributed by atoms with van der Waals surface area (Å²) in [6.07, 6.45) is 8.94. The molecule has 0 aromatic rings. The smallest absolute Gasteiger partial charge is 0.241 e. The summed E-state index contributed by atoms with van der Waals surface area (Å²) in [4.78, 5) is 13.5. The van der Waals surface area contributed by atoms with E-state index in [0.717, 1.165) is 6.42 Å². The van der Waals surface area contributed by atoms with E-state index in [-0.39, 0.29) is 17.8 Å². The molecule has 0 radical (unpaired) electrons. The van der Waals surface area contributed by atoms with Crippen LogP contribution in [0.5, 0.6) is 0 Å². The lowest BCUT2D eigenvalue weighted by atomic mass is 10.0. The summed E-state index contributed by atoms with van der Waals surface area (Å²) in [6, 6.07) is 0.182. The summed E-state index contributed by atoms with van der Waals surface area (Å²) in [6.45, 7) is 4.04. The molecule has 1 saturated carbocycles. The molecule has 0 spiro atoms. The Morgan fingerprint density at radius 1 is 1.62 bits per heavy atom. The van der Waals surface area contributed by atoms with Crippen LogP contribution in [-0.2, 0) is 4.79 Å². The number of carbonyl (C=O) groups excluding carboxylic acids is 1. The monoisotopic (exact) mass is 239 g/mol. The molecule has 3 heteroatoms. The van der Waals surface area contributed by atoms with Crippen LogP contribution in [0, 0.1) is 11.8 Å². The van der Waals surface area contributed by atoms with Crippen molar-refractivity contribution in [2.24, 2.45) is 11.8 Å². The van der Waals surface area contributed by atoms with E-state index < -0.39 is 0 Å². The van der Waals surface area contributed by atoms with Crippen LogP contribution in [0.15, 0.2) is 23.9 Å². The fourth-order valence-electron chi connectivity index (χ4n) is 2.56. The summed E-state index contributed by atoms with van der Waals surface area (Å²) in [5.41, 5.74) is 1.39. The van der Waals surface area contributed by atoms with E-state index in [0.29, 0.717) is 11.8 Å². The fourth-order valence-corrected chi connectivity index (χ4v) is 2.70. The molecule has 0 aromatic carbocycles. The summed E-state index contributed by atoms with van der Waals surface area (Å²) in [5, 5.41) is 0. The van der Waals surface area contributed by atoms with Crippen molar-refractivity contribution in [1.29, 1.82) is 0 Å². The number of amides is 1. The van der Waals surface area contributed by atoms with Gasteiger partial charge in [0.15, 0.2) is 0 Å². The molecule has 1 amide bonds. The minimum atomic E-state index is -0.00378. The predicted molar refractivity (Wildman–Crippen MR) is 66.1 cm³/mol. The average Bonchev–Trinajstić information content (AvgIpc) is 2.86. The molecular formula is C13H18ClNO. The molecule has 0 N–H and O–H groups in total. The largest absolute Gasteiger partial charge is 0.316 e. The molecule has 2 rings (SSSR count). The molecule has 1 fully saturated rings. The summed E-state index contributed by atoms with van der Waals surface area (Å²) in [7, 11) is 0. The van der Waals surface area contributed by atoms with Gasteiger partial charge >= 0.3 is 0 Å². The van der Waals surface area contributed by atoms with Crippen molar-refractivity contribution >= 4 is 17.5 Å². The molecule has 0 aromatic heterocycles. The van der Waals surface area contributed by atoms with Gasteiger partial charge < -0.3 is 4.90 Å². The maximum absolute atomic E-state index is 11.7. The van der Waals surface area contributed by atoms with Gasteiger partial charge in [0.1, 0.15) is 5.88 Å². The van der Waals surface area contributed by atoms with E-state index in [4.69, 9.17) is 11.6 Å². The molecule has 2 bridgehead atoms. The molecular weight excluding hydrogens is 222 g/mol. The molecule has 0 aliphatic heterocycles. The van der Waals surface area contributed by atoms with Gasteiger partial charge in [0.25, 0.3) is 0 Å². The Morgan fingerprint density at radius 3 is 2.81 bits per heavy atom. The molecule has 0 heterocycles. The second-order valence-electron chi connectivity index (χ2n) is 4.92. The van der Waals surface area contributed by atoms with E-state index in [2.05, 4.69) is 12.2 Å². The number of halogens is 1. The molecule has 88 valence electrons. The number of hydrogen-bond donors (Lipinski definition) is 0. The molecule has 2 nitrogen and oxygen atoms in total.